The molecule has 1 heterocycles. The van der Waals surface area contributed by atoms with Gasteiger partial charge in [0.1, 0.15) is 0 Å². The van der Waals surface area contributed by atoms with E-state index in [2.05, 4.69) is 23.5 Å². The van der Waals surface area contributed by atoms with Crippen LogP contribution in [0.25, 0.3) is 0 Å². The molecular weight excluding hydrogens is 294 g/mol. The van der Waals surface area contributed by atoms with Gasteiger partial charge in [-0.3, -0.25) is 4.79 Å². The standard InChI is InChI=1S/C22H17NO/c24-22(17-11-5-2-6-12-17)19-15-23-20-14-8-7-13-18(20)21(19)16-9-3-1-4-10-16/h1-15,21,23H. The Morgan fingerprint density at radius 3 is 2.12 bits per heavy atom. The third-order valence-corrected chi connectivity index (χ3v) is 4.40. The van der Waals surface area contributed by atoms with Gasteiger partial charge in [-0.15, -0.1) is 0 Å². The molecule has 1 aliphatic rings. The van der Waals surface area contributed by atoms with Crippen LogP contribution in [0.15, 0.2) is 96.7 Å². The second-order valence-corrected chi connectivity index (χ2v) is 5.87. The first-order chi connectivity index (χ1) is 11.8. The molecule has 0 amide bonds. The predicted molar refractivity (Wildman–Crippen MR) is 97.2 cm³/mol. The van der Waals surface area contributed by atoms with Crippen molar-refractivity contribution in [3.63, 3.8) is 0 Å². The predicted octanol–water partition coefficient (Wildman–Crippen LogP) is 5.01. The van der Waals surface area contributed by atoms with Crippen molar-refractivity contribution in [3.8, 4) is 0 Å². The number of carbonyl (C=O) groups is 1. The van der Waals surface area contributed by atoms with E-state index in [1.165, 1.54) is 0 Å². The van der Waals surface area contributed by atoms with E-state index in [1.807, 2.05) is 72.9 Å². The lowest BCUT2D eigenvalue weighted by molar-refractivity contribution is 0.102. The maximum atomic E-state index is 13.1. The molecule has 3 aromatic rings. The molecule has 3 aromatic carbocycles. The van der Waals surface area contributed by atoms with Crippen molar-refractivity contribution >= 4 is 11.5 Å². The van der Waals surface area contributed by atoms with Gasteiger partial charge in [-0.2, -0.15) is 0 Å². The van der Waals surface area contributed by atoms with Gasteiger partial charge in [-0.1, -0.05) is 78.9 Å². The highest BCUT2D eigenvalue weighted by molar-refractivity contribution is 6.10. The second-order valence-electron chi connectivity index (χ2n) is 5.87. The minimum atomic E-state index is -0.0589. The average molecular weight is 311 g/mol. The van der Waals surface area contributed by atoms with Gasteiger partial charge in [-0.05, 0) is 17.2 Å². The quantitative estimate of drug-likeness (QED) is 0.689. The van der Waals surface area contributed by atoms with Crippen LogP contribution in [0.2, 0.25) is 0 Å². The van der Waals surface area contributed by atoms with Gasteiger partial charge in [0.05, 0.1) is 0 Å². The van der Waals surface area contributed by atoms with E-state index >= 15 is 0 Å². The highest BCUT2D eigenvalue weighted by Crippen LogP contribution is 2.40. The second kappa shape index (κ2) is 6.17. The molecule has 0 bridgehead atoms. The zero-order valence-corrected chi connectivity index (χ0v) is 13.1. The number of anilines is 1. The number of hydrogen-bond acceptors (Lipinski definition) is 2. The number of hydrogen-bond donors (Lipinski definition) is 1. The molecule has 116 valence electrons. The summed E-state index contributed by atoms with van der Waals surface area (Å²) < 4.78 is 0. The molecule has 0 fully saturated rings. The van der Waals surface area contributed by atoms with Crippen LogP contribution in [0.4, 0.5) is 5.69 Å². The summed E-state index contributed by atoms with van der Waals surface area (Å²) in [7, 11) is 0. The Morgan fingerprint density at radius 1 is 0.750 bits per heavy atom. The zero-order valence-electron chi connectivity index (χ0n) is 13.1. The molecule has 0 saturated heterocycles. The number of carbonyl (C=O) groups excluding carboxylic acids is 1. The Hall–Kier alpha value is -3.13. The summed E-state index contributed by atoms with van der Waals surface area (Å²) in [6, 6.07) is 27.8. The normalized spacial score (nSPS) is 15.8. The summed E-state index contributed by atoms with van der Waals surface area (Å²) >= 11 is 0. The Bertz CT molecular complexity index is 898. The van der Waals surface area contributed by atoms with Gasteiger partial charge in [0, 0.05) is 28.9 Å². The molecule has 0 radical (unpaired) electrons. The minimum Gasteiger partial charge on any atom is -0.361 e. The van der Waals surface area contributed by atoms with Gasteiger partial charge in [-0.25, -0.2) is 0 Å². The summed E-state index contributed by atoms with van der Waals surface area (Å²) in [5.41, 5.74) is 4.79. The Kier molecular flexibility index (Phi) is 3.72. The summed E-state index contributed by atoms with van der Waals surface area (Å²) in [5.74, 6) is 0.00260. The maximum absolute atomic E-state index is 13.1. The van der Waals surface area contributed by atoms with Crippen LogP contribution >= 0.6 is 0 Å². The van der Waals surface area contributed by atoms with Gasteiger partial charge >= 0.3 is 0 Å². The third kappa shape index (κ3) is 2.52. The smallest absolute Gasteiger partial charge is 0.191 e. The Morgan fingerprint density at radius 2 is 1.38 bits per heavy atom. The average Bonchev–Trinajstić information content (AvgIpc) is 2.68. The van der Waals surface area contributed by atoms with Crippen molar-refractivity contribution in [2.45, 2.75) is 5.92 Å². The summed E-state index contributed by atoms with van der Waals surface area (Å²) in [4.78, 5) is 13.1. The van der Waals surface area contributed by atoms with Crippen molar-refractivity contribution in [1.82, 2.24) is 0 Å². The van der Waals surface area contributed by atoms with Crippen molar-refractivity contribution < 1.29 is 4.79 Å². The molecule has 0 aliphatic carbocycles. The molecule has 1 N–H and O–H groups in total. The number of para-hydroxylation sites is 1. The summed E-state index contributed by atoms with van der Waals surface area (Å²) in [6.07, 6.45) is 1.86. The fourth-order valence-corrected chi connectivity index (χ4v) is 3.24. The van der Waals surface area contributed by atoms with Crippen LogP contribution in [0.3, 0.4) is 0 Å². The highest BCUT2D eigenvalue weighted by atomic mass is 16.1. The number of allylic oxidation sites excluding steroid dienone is 1. The summed E-state index contributed by atoms with van der Waals surface area (Å²) in [6.45, 7) is 0. The molecule has 0 aromatic heterocycles. The number of benzene rings is 3. The summed E-state index contributed by atoms with van der Waals surface area (Å²) in [5, 5.41) is 3.28. The molecule has 24 heavy (non-hydrogen) atoms. The van der Waals surface area contributed by atoms with Crippen molar-refractivity contribution in [1.29, 1.82) is 0 Å². The Labute approximate surface area is 141 Å². The molecule has 1 atom stereocenters. The van der Waals surface area contributed by atoms with Crippen molar-refractivity contribution in [2.75, 3.05) is 5.32 Å². The van der Waals surface area contributed by atoms with Crippen LogP contribution in [-0.4, -0.2) is 5.78 Å². The lowest BCUT2D eigenvalue weighted by Crippen LogP contribution is -2.19. The monoisotopic (exact) mass is 311 g/mol. The van der Waals surface area contributed by atoms with Crippen LogP contribution in [0.5, 0.6) is 0 Å². The number of nitrogens with one attached hydrogen (secondary N) is 1. The number of ketones is 1. The van der Waals surface area contributed by atoms with Crippen molar-refractivity contribution in [2.24, 2.45) is 0 Å². The SMILES string of the molecule is O=C(C1=CNc2ccccc2C1c1ccccc1)c1ccccc1. The van der Waals surface area contributed by atoms with E-state index in [9.17, 15) is 4.79 Å². The van der Waals surface area contributed by atoms with E-state index in [0.717, 1.165) is 22.4 Å². The molecule has 0 saturated carbocycles. The number of Topliss-reactive ketones (excluding diaryl/α,β-unsaturated/α-hetero) is 1. The maximum Gasteiger partial charge on any atom is 0.191 e. The first-order valence-electron chi connectivity index (χ1n) is 8.05. The van der Waals surface area contributed by atoms with Crippen LogP contribution in [0, 0.1) is 0 Å². The van der Waals surface area contributed by atoms with Crippen LogP contribution in [0.1, 0.15) is 27.4 Å². The van der Waals surface area contributed by atoms with E-state index in [0.29, 0.717) is 5.56 Å². The van der Waals surface area contributed by atoms with Crippen LogP contribution < -0.4 is 5.32 Å². The Balaban J connectivity index is 1.84. The van der Waals surface area contributed by atoms with Crippen molar-refractivity contribution in [3.05, 3.63) is 113 Å². The number of rotatable bonds is 3. The molecule has 1 aliphatic heterocycles. The molecule has 0 spiro atoms. The number of fused-ring (bicyclic) bond motifs is 1. The lowest BCUT2D eigenvalue weighted by atomic mass is 9.79. The largest absolute Gasteiger partial charge is 0.361 e. The molecule has 1 unspecified atom stereocenters. The van der Waals surface area contributed by atoms with Gasteiger partial charge in [0.2, 0.25) is 0 Å². The van der Waals surface area contributed by atoms with E-state index in [1.54, 1.807) is 0 Å². The molecule has 4 rings (SSSR count). The molecule has 2 nitrogen and oxygen atoms in total. The topological polar surface area (TPSA) is 29.1 Å². The minimum absolute atomic E-state index is 0.0589. The van der Waals surface area contributed by atoms with Crippen LogP contribution in [-0.2, 0) is 0 Å². The molecular formula is C22H17NO. The lowest BCUT2D eigenvalue weighted by Gasteiger charge is -2.27. The fraction of sp³-hybridized carbons (Fsp3) is 0.0455. The third-order valence-electron chi connectivity index (χ3n) is 4.40. The zero-order chi connectivity index (χ0) is 16.4. The molecule has 2 heteroatoms. The first kappa shape index (κ1) is 14.5. The van der Waals surface area contributed by atoms with E-state index in [4.69, 9.17) is 0 Å². The van der Waals surface area contributed by atoms with Gasteiger partial charge < -0.3 is 5.32 Å². The van der Waals surface area contributed by atoms with E-state index < -0.39 is 0 Å². The first-order valence-corrected chi connectivity index (χ1v) is 8.05. The van der Waals surface area contributed by atoms with Gasteiger partial charge in [0.25, 0.3) is 0 Å². The van der Waals surface area contributed by atoms with E-state index in [-0.39, 0.29) is 11.7 Å². The fourth-order valence-electron chi connectivity index (χ4n) is 3.24. The van der Waals surface area contributed by atoms with Gasteiger partial charge in [0.15, 0.2) is 5.78 Å². The highest BCUT2D eigenvalue weighted by Gasteiger charge is 2.29.